The van der Waals surface area contributed by atoms with E-state index >= 15 is 0 Å². The minimum absolute atomic E-state index is 0.0560. The number of nitrogen functional groups attached to an aromatic ring is 1. The highest BCUT2D eigenvalue weighted by Crippen LogP contribution is 2.50. The van der Waals surface area contributed by atoms with Crippen LogP contribution >= 0.6 is 11.6 Å². The van der Waals surface area contributed by atoms with Crippen molar-refractivity contribution < 1.29 is 5.11 Å². The molecule has 5 rings (SSSR count). The van der Waals surface area contributed by atoms with Crippen LogP contribution in [-0.4, -0.2) is 52.3 Å². The van der Waals surface area contributed by atoms with Gasteiger partial charge in [-0.05, 0) is 76.4 Å². The molecule has 2 aromatic rings. The Balaban J connectivity index is 1.58. The normalized spacial score (nSPS) is 21.7. The SMILES string of the molecule is CN1CCC2(CC1)CN(c1nc(N)ncc1Cl)c1cc(C#CC3(O)CCCC3)ccc12. The number of halogens is 1. The van der Waals surface area contributed by atoms with Gasteiger partial charge in [0, 0.05) is 23.2 Å². The number of likely N-dealkylation sites (tertiary alicyclic amines) is 1. The highest BCUT2D eigenvalue weighted by Gasteiger charge is 2.45. The van der Waals surface area contributed by atoms with E-state index in [9.17, 15) is 5.11 Å². The Morgan fingerprint density at radius 3 is 2.65 bits per heavy atom. The van der Waals surface area contributed by atoms with E-state index in [1.165, 1.54) is 5.56 Å². The van der Waals surface area contributed by atoms with E-state index in [1.807, 2.05) is 0 Å². The molecule has 3 aliphatic rings. The van der Waals surface area contributed by atoms with Crippen LogP contribution in [-0.2, 0) is 5.41 Å². The van der Waals surface area contributed by atoms with Crippen molar-refractivity contribution in [2.45, 2.75) is 49.5 Å². The van der Waals surface area contributed by atoms with Crippen LogP contribution in [0.4, 0.5) is 17.5 Å². The van der Waals surface area contributed by atoms with E-state index in [2.05, 4.69) is 56.9 Å². The Morgan fingerprint density at radius 1 is 1.16 bits per heavy atom. The van der Waals surface area contributed by atoms with E-state index in [4.69, 9.17) is 17.3 Å². The quantitative estimate of drug-likeness (QED) is 0.665. The van der Waals surface area contributed by atoms with Crippen molar-refractivity contribution in [2.24, 2.45) is 0 Å². The second-order valence-corrected chi connectivity index (χ2v) is 9.70. The molecule has 0 atom stereocenters. The van der Waals surface area contributed by atoms with Gasteiger partial charge in [-0.3, -0.25) is 0 Å². The van der Waals surface area contributed by atoms with Crippen molar-refractivity contribution in [1.29, 1.82) is 0 Å². The molecule has 2 aliphatic heterocycles. The Bertz CT molecular complexity index is 1060. The second-order valence-electron chi connectivity index (χ2n) is 9.29. The van der Waals surface area contributed by atoms with Crippen LogP contribution in [0.15, 0.2) is 24.4 Å². The summed E-state index contributed by atoms with van der Waals surface area (Å²) in [6.07, 6.45) is 7.30. The molecule has 3 heterocycles. The molecule has 6 nitrogen and oxygen atoms in total. The third-order valence-electron chi connectivity index (χ3n) is 7.13. The second kappa shape index (κ2) is 7.67. The largest absolute Gasteiger partial charge is 0.378 e. The lowest BCUT2D eigenvalue weighted by Crippen LogP contribution is -2.43. The van der Waals surface area contributed by atoms with Gasteiger partial charge in [0.05, 0.1) is 6.20 Å². The summed E-state index contributed by atoms with van der Waals surface area (Å²) < 4.78 is 0. The first-order valence-electron chi connectivity index (χ1n) is 11.0. The summed E-state index contributed by atoms with van der Waals surface area (Å²) in [6.45, 7) is 2.93. The number of fused-ring (bicyclic) bond motifs is 2. The predicted molar refractivity (Wildman–Crippen MR) is 124 cm³/mol. The van der Waals surface area contributed by atoms with Crippen molar-refractivity contribution in [2.75, 3.05) is 37.3 Å². The molecule has 2 fully saturated rings. The number of benzene rings is 1. The smallest absolute Gasteiger partial charge is 0.222 e. The molecule has 3 N–H and O–H groups in total. The number of hydrogen-bond donors (Lipinski definition) is 2. The number of anilines is 3. The topological polar surface area (TPSA) is 78.5 Å². The Morgan fingerprint density at radius 2 is 1.90 bits per heavy atom. The fourth-order valence-electron chi connectivity index (χ4n) is 5.25. The van der Waals surface area contributed by atoms with E-state index in [1.54, 1.807) is 6.20 Å². The first kappa shape index (κ1) is 20.6. The van der Waals surface area contributed by atoms with Gasteiger partial charge >= 0.3 is 0 Å². The van der Waals surface area contributed by atoms with Gasteiger partial charge in [-0.25, -0.2) is 4.98 Å². The minimum Gasteiger partial charge on any atom is -0.378 e. The number of nitrogens with zero attached hydrogens (tertiary/aromatic N) is 4. The molecular weight excluding hydrogens is 410 g/mol. The van der Waals surface area contributed by atoms with Crippen LogP contribution in [0.1, 0.15) is 49.7 Å². The van der Waals surface area contributed by atoms with Gasteiger partial charge in [0.15, 0.2) is 5.82 Å². The average molecular weight is 438 g/mol. The van der Waals surface area contributed by atoms with Crippen molar-refractivity contribution in [1.82, 2.24) is 14.9 Å². The zero-order valence-corrected chi connectivity index (χ0v) is 18.6. The summed E-state index contributed by atoms with van der Waals surface area (Å²) in [5.41, 5.74) is 8.40. The Kier molecular flexibility index (Phi) is 5.09. The van der Waals surface area contributed by atoms with E-state index in [0.717, 1.165) is 69.4 Å². The van der Waals surface area contributed by atoms with Gasteiger partial charge < -0.3 is 20.6 Å². The lowest BCUT2D eigenvalue weighted by atomic mass is 9.74. The maximum absolute atomic E-state index is 10.6. The first-order valence-corrected chi connectivity index (χ1v) is 11.4. The molecule has 0 radical (unpaired) electrons. The molecule has 7 heteroatoms. The van der Waals surface area contributed by atoms with Crippen LogP contribution in [0.25, 0.3) is 0 Å². The summed E-state index contributed by atoms with van der Waals surface area (Å²) in [7, 11) is 2.18. The molecule has 0 amide bonds. The van der Waals surface area contributed by atoms with Gasteiger partial charge in [-0.15, -0.1) is 0 Å². The van der Waals surface area contributed by atoms with E-state index in [0.29, 0.717) is 10.8 Å². The summed E-state index contributed by atoms with van der Waals surface area (Å²) in [5.74, 6) is 7.21. The average Bonchev–Trinajstić information content (AvgIpc) is 3.33. The zero-order valence-electron chi connectivity index (χ0n) is 17.9. The number of aromatic nitrogens is 2. The standard InChI is InChI=1S/C24H28ClN5O/c1-29-12-10-23(11-13-29)16-30(21-19(25)15-27-22(26)28-21)20-14-17(4-5-18(20)23)6-9-24(31)7-2-3-8-24/h4-5,14-15,31H,2-3,7-8,10-13,16H2,1H3,(H2,26,27,28). The van der Waals surface area contributed by atoms with E-state index < -0.39 is 5.60 Å². The lowest BCUT2D eigenvalue weighted by Gasteiger charge is -2.38. The third-order valence-corrected chi connectivity index (χ3v) is 7.40. The molecule has 1 saturated carbocycles. The fraction of sp³-hybridized carbons (Fsp3) is 0.500. The molecule has 162 valence electrons. The number of aliphatic hydroxyl groups is 1. The van der Waals surface area contributed by atoms with Crippen LogP contribution in [0, 0.1) is 11.8 Å². The molecule has 0 bridgehead atoms. The summed E-state index contributed by atoms with van der Waals surface area (Å²) >= 11 is 6.51. The van der Waals surface area contributed by atoms with Gasteiger partial charge in [0.2, 0.25) is 5.95 Å². The fourth-order valence-corrected chi connectivity index (χ4v) is 5.44. The van der Waals surface area contributed by atoms with E-state index in [-0.39, 0.29) is 11.4 Å². The number of hydrogen-bond acceptors (Lipinski definition) is 6. The van der Waals surface area contributed by atoms with Crippen LogP contribution < -0.4 is 10.6 Å². The summed E-state index contributed by atoms with van der Waals surface area (Å²) in [6, 6.07) is 6.41. The van der Waals surface area contributed by atoms with Gasteiger partial charge in [-0.1, -0.05) is 29.5 Å². The maximum Gasteiger partial charge on any atom is 0.222 e. The number of piperidine rings is 1. The van der Waals surface area contributed by atoms with Crippen molar-refractivity contribution in [3.63, 3.8) is 0 Å². The van der Waals surface area contributed by atoms with Gasteiger partial charge in [0.1, 0.15) is 10.6 Å². The molecule has 1 spiro atoms. The molecule has 31 heavy (non-hydrogen) atoms. The van der Waals surface area contributed by atoms with Crippen LogP contribution in [0.5, 0.6) is 0 Å². The van der Waals surface area contributed by atoms with Crippen molar-refractivity contribution in [3.05, 3.63) is 40.5 Å². The zero-order chi connectivity index (χ0) is 21.6. The summed E-state index contributed by atoms with van der Waals surface area (Å²) in [4.78, 5) is 13.1. The van der Waals surface area contributed by atoms with Crippen molar-refractivity contribution in [3.8, 4) is 11.8 Å². The lowest BCUT2D eigenvalue weighted by molar-refractivity contribution is 0.110. The Labute approximate surface area is 188 Å². The Hall–Kier alpha value is -2.33. The maximum atomic E-state index is 10.6. The number of rotatable bonds is 1. The highest BCUT2D eigenvalue weighted by atomic mass is 35.5. The molecule has 1 aromatic heterocycles. The molecule has 0 unspecified atom stereocenters. The monoisotopic (exact) mass is 437 g/mol. The molecule has 1 aliphatic carbocycles. The van der Waals surface area contributed by atoms with Crippen LogP contribution in [0.2, 0.25) is 5.02 Å². The first-order chi connectivity index (χ1) is 14.9. The van der Waals surface area contributed by atoms with Gasteiger partial charge in [-0.2, -0.15) is 4.98 Å². The third kappa shape index (κ3) is 3.76. The molecule has 1 aromatic carbocycles. The van der Waals surface area contributed by atoms with Crippen LogP contribution in [0.3, 0.4) is 0 Å². The number of nitrogens with two attached hydrogens (primary N) is 1. The molecule has 1 saturated heterocycles. The predicted octanol–water partition coefficient (Wildman–Crippen LogP) is 3.48. The summed E-state index contributed by atoms with van der Waals surface area (Å²) in [5, 5.41) is 11.1. The van der Waals surface area contributed by atoms with Crippen molar-refractivity contribution >= 4 is 29.1 Å². The molecular formula is C24H28ClN5O. The van der Waals surface area contributed by atoms with Gasteiger partial charge in [0.25, 0.3) is 0 Å². The highest BCUT2D eigenvalue weighted by molar-refractivity contribution is 6.33. The minimum atomic E-state index is -0.849.